The molecule has 3 heteroatoms. The molecule has 1 aliphatic carbocycles. The fraction of sp³-hybridized carbons (Fsp3) is 0.938. The third kappa shape index (κ3) is 3.71. The van der Waals surface area contributed by atoms with E-state index in [9.17, 15) is 4.79 Å². The first kappa shape index (κ1) is 14.8. The van der Waals surface area contributed by atoms with Gasteiger partial charge in [0.1, 0.15) is 0 Å². The first-order valence-corrected chi connectivity index (χ1v) is 8.09. The molecule has 2 unspecified atom stereocenters. The zero-order chi connectivity index (χ0) is 13.8. The van der Waals surface area contributed by atoms with Gasteiger partial charge in [-0.3, -0.25) is 4.79 Å². The Morgan fingerprint density at radius 2 is 1.89 bits per heavy atom. The van der Waals surface area contributed by atoms with Crippen molar-refractivity contribution in [3.8, 4) is 0 Å². The Hall–Kier alpha value is -0.570. The molecule has 0 radical (unpaired) electrons. The second-order valence-corrected chi connectivity index (χ2v) is 6.73. The van der Waals surface area contributed by atoms with E-state index in [1.807, 2.05) is 7.05 Å². The molecule has 1 aliphatic heterocycles. The molecule has 2 fully saturated rings. The highest BCUT2D eigenvalue weighted by atomic mass is 16.2. The van der Waals surface area contributed by atoms with E-state index in [-0.39, 0.29) is 5.92 Å². The highest BCUT2D eigenvalue weighted by Gasteiger charge is 2.31. The van der Waals surface area contributed by atoms with Gasteiger partial charge in [0, 0.05) is 19.6 Å². The monoisotopic (exact) mass is 266 g/mol. The van der Waals surface area contributed by atoms with E-state index in [2.05, 4.69) is 24.1 Å². The van der Waals surface area contributed by atoms with Gasteiger partial charge in [0.05, 0.1) is 5.92 Å². The summed E-state index contributed by atoms with van der Waals surface area (Å²) in [6, 6.07) is 0.493. The van der Waals surface area contributed by atoms with Crippen molar-refractivity contribution >= 4 is 5.91 Å². The van der Waals surface area contributed by atoms with Crippen LogP contribution in [0.1, 0.15) is 52.4 Å². The molecular weight excluding hydrogens is 236 g/mol. The normalized spacial score (nSPS) is 35.9. The second kappa shape index (κ2) is 6.74. The molecule has 0 aromatic heterocycles. The molecule has 3 nitrogen and oxygen atoms in total. The summed E-state index contributed by atoms with van der Waals surface area (Å²) in [6.07, 6.45) is 7.37. The van der Waals surface area contributed by atoms with E-state index in [1.165, 1.54) is 32.1 Å². The van der Waals surface area contributed by atoms with Gasteiger partial charge in [-0.05, 0) is 50.5 Å². The van der Waals surface area contributed by atoms with Crippen molar-refractivity contribution in [3.63, 3.8) is 0 Å². The van der Waals surface area contributed by atoms with E-state index in [0.717, 1.165) is 25.4 Å². The molecule has 1 amide bonds. The fourth-order valence-corrected chi connectivity index (χ4v) is 3.75. The molecule has 0 bridgehead atoms. The fourth-order valence-electron chi connectivity index (χ4n) is 3.75. The van der Waals surface area contributed by atoms with Crippen molar-refractivity contribution in [1.29, 1.82) is 0 Å². The summed E-state index contributed by atoms with van der Waals surface area (Å²) in [5.41, 5.74) is 0. The van der Waals surface area contributed by atoms with Crippen molar-refractivity contribution in [2.75, 3.05) is 20.1 Å². The number of piperidine rings is 1. The summed E-state index contributed by atoms with van der Waals surface area (Å²) in [6.45, 7) is 6.46. The van der Waals surface area contributed by atoms with Crippen molar-refractivity contribution in [2.24, 2.45) is 17.8 Å². The minimum atomic E-state index is 0.206. The quantitative estimate of drug-likeness (QED) is 0.852. The standard InChI is InChI=1S/C16H30N2O/c1-4-13-5-7-15(8-6-13)18(3)16(19)14-9-12(2)10-17-11-14/h12-15,17H,4-11H2,1-3H3. The molecule has 110 valence electrons. The Kier molecular flexibility index (Phi) is 5.26. The lowest BCUT2D eigenvalue weighted by Gasteiger charge is -2.37. The van der Waals surface area contributed by atoms with Gasteiger partial charge < -0.3 is 10.2 Å². The van der Waals surface area contributed by atoms with Gasteiger partial charge in [-0.15, -0.1) is 0 Å². The van der Waals surface area contributed by atoms with Gasteiger partial charge in [-0.2, -0.15) is 0 Å². The number of nitrogens with one attached hydrogen (secondary N) is 1. The summed E-state index contributed by atoms with van der Waals surface area (Å²) in [4.78, 5) is 14.6. The Labute approximate surface area is 118 Å². The van der Waals surface area contributed by atoms with E-state index in [4.69, 9.17) is 0 Å². The maximum absolute atomic E-state index is 12.6. The number of carbonyl (C=O) groups excluding carboxylic acids is 1. The number of rotatable bonds is 3. The van der Waals surface area contributed by atoms with Crippen LogP contribution in [0.4, 0.5) is 0 Å². The summed E-state index contributed by atoms with van der Waals surface area (Å²) in [7, 11) is 2.03. The summed E-state index contributed by atoms with van der Waals surface area (Å²) >= 11 is 0. The predicted molar refractivity (Wildman–Crippen MR) is 78.9 cm³/mol. The number of hydrogen-bond donors (Lipinski definition) is 1. The molecule has 1 saturated heterocycles. The van der Waals surface area contributed by atoms with Crippen LogP contribution in [0.2, 0.25) is 0 Å². The van der Waals surface area contributed by atoms with Crippen LogP contribution in [0.25, 0.3) is 0 Å². The van der Waals surface area contributed by atoms with Crippen LogP contribution < -0.4 is 5.32 Å². The third-order valence-electron chi connectivity index (χ3n) is 5.21. The zero-order valence-corrected chi connectivity index (χ0v) is 12.8. The third-order valence-corrected chi connectivity index (χ3v) is 5.21. The Bertz CT molecular complexity index is 297. The van der Waals surface area contributed by atoms with Gasteiger partial charge in [-0.25, -0.2) is 0 Å². The van der Waals surface area contributed by atoms with Gasteiger partial charge in [0.25, 0.3) is 0 Å². The molecule has 2 aliphatic rings. The smallest absolute Gasteiger partial charge is 0.226 e. The molecule has 1 saturated carbocycles. The average Bonchev–Trinajstić information content (AvgIpc) is 2.46. The molecule has 0 aromatic carbocycles. The van der Waals surface area contributed by atoms with E-state index in [1.54, 1.807) is 0 Å². The van der Waals surface area contributed by atoms with Crippen LogP contribution in [0.3, 0.4) is 0 Å². The van der Waals surface area contributed by atoms with Gasteiger partial charge in [-0.1, -0.05) is 20.3 Å². The van der Waals surface area contributed by atoms with Crippen LogP contribution in [0, 0.1) is 17.8 Å². The topological polar surface area (TPSA) is 32.3 Å². The number of hydrogen-bond acceptors (Lipinski definition) is 2. The van der Waals surface area contributed by atoms with Crippen LogP contribution in [0.5, 0.6) is 0 Å². The minimum Gasteiger partial charge on any atom is -0.342 e. The van der Waals surface area contributed by atoms with Gasteiger partial charge in [0.15, 0.2) is 0 Å². The molecule has 1 N–H and O–H groups in total. The molecule has 2 rings (SSSR count). The lowest BCUT2D eigenvalue weighted by Crippen LogP contribution is -2.48. The molecule has 0 spiro atoms. The lowest BCUT2D eigenvalue weighted by molar-refractivity contribution is -0.138. The molecule has 1 heterocycles. The Morgan fingerprint density at radius 3 is 2.47 bits per heavy atom. The largest absolute Gasteiger partial charge is 0.342 e. The van der Waals surface area contributed by atoms with Crippen molar-refractivity contribution < 1.29 is 4.79 Å². The van der Waals surface area contributed by atoms with E-state index < -0.39 is 0 Å². The number of nitrogens with zero attached hydrogens (tertiary/aromatic N) is 1. The molecular formula is C16H30N2O. The average molecular weight is 266 g/mol. The molecule has 2 atom stereocenters. The summed E-state index contributed by atoms with van der Waals surface area (Å²) < 4.78 is 0. The van der Waals surface area contributed by atoms with Crippen LogP contribution >= 0.6 is 0 Å². The van der Waals surface area contributed by atoms with E-state index >= 15 is 0 Å². The highest BCUT2D eigenvalue weighted by molar-refractivity contribution is 5.79. The summed E-state index contributed by atoms with van der Waals surface area (Å²) in [5, 5.41) is 3.39. The Morgan fingerprint density at radius 1 is 1.21 bits per heavy atom. The predicted octanol–water partition coefficient (Wildman–Crippen LogP) is 2.66. The second-order valence-electron chi connectivity index (χ2n) is 6.73. The number of amides is 1. The first-order valence-electron chi connectivity index (χ1n) is 8.09. The first-order chi connectivity index (χ1) is 9.11. The number of carbonyl (C=O) groups is 1. The summed E-state index contributed by atoms with van der Waals surface area (Å²) in [5.74, 6) is 2.11. The van der Waals surface area contributed by atoms with Crippen molar-refractivity contribution in [3.05, 3.63) is 0 Å². The maximum Gasteiger partial charge on any atom is 0.226 e. The van der Waals surface area contributed by atoms with Crippen LogP contribution in [0.15, 0.2) is 0 Å². The lowest BCUT2D eigenvalue weighted by atomic mass is 9.83. The molecule has 0 aromatic rings. The van der Waals surface area contributed by atoms with E-state index in [0.29, 0.717) is 17.9 Å². The van der Waals surface area contributed by atoms with Gasteiger partial charge >= 0.3 is 0 Å². The van der Waals surface area contributed by atoms with Gasteiger partial charge in [0.2, 0.25) is 5.91 Å². The SMILES string of the molecule is CCC1CCC(N(C)C(=O)C2CNCC(C)C2)CC1. The van der Waals surface area contributed by atoms with Crippen LogP contribution in [-0.4, -0.2) is 37.0 Å². The van der Waals surface area contributed by atoms with Crippen LogP contribution in [-0.2, 0) is 4.79 Å². The highest BCUT2D eigenvalue weighted by Crippen LogP contribution is 2.30. The van der Waals surface area contributed by atoms with Crippen molar-refractivity contribution in [2.45, 2.75) is 58.4 Å². The molecule has 19 heavy (non-hydrogen) atoms. The van der Waals surface area contributed by atoms with Crippen molar-refractivity contribution in [1.82, 2.24) is 10.2 Å². The maximum atomic E-state index is 12.6. The zero-order valence-electron chi connectivity index (χ0n) is 12.8. The Balaban J connectivity index is 1.85. The minimum absolute atomic E-state index is 0.206.